The zero-order valence-corrected chi connectivity index (χ0v) is 14.2. The summed E-state index contributed by atoms with van der Waals surface area (Å²) in [6.07, 6.45) is -0.166. The number of amides is 1. The first-order valence-electron chi connectivity index (χ1n) is 6.76. The molecule has 0 atom stereocenters. The predicted octanol–water partition coefficient (Wildman–Crippen LogP) is 3.94. The smallest absolute Gasteiger partial charge is 0.234 e. The SMILES string of the molecule is CC(=O)CC(=O)N(Cc1ccccc1)c1ccc(F)cc1I. The molecule has 0 N–H and O–H groups in total. The molecule has 0 aliphatic heterocycles. The minimum Gasteiger partial charge on any atom is -0.307 e. The van der Waals surface area contributed by atoms with Gasteiger partial charge >= 0.3 is 0 Å². The van der Waals surface area contributed by atoms with Crippen LogP contribution in [0.15, 0.2) is 48.5 Å². The third-order valence-electron chi connectivity index (χ3n) is 3.09. The predicted molar refractivity (Wildman–Crippen MR) is 92.0 cm³/mol. The van der Waals surface area contributed by atoms with E-state index in [4.69, 9.17) is 0 Å². The van der Waals surface area contributed by atoms with Crippen LogP contribution in [0.2, 0.25) is 0 Å². The Bertz CT molecular complexity index is 688. The fraction of sp³-hybridized carbons (Fsp3) is 0.176. The molecular weight excluding hydrogens is 396 g/mol. The molecule has 3 nitrogen and oxygen atoms in total. The second-order valence-electron chi connectivity index (χ2n) is 4.94. The number of Topliss-reactive ketones (excluding diaryl/α,β-unsaturated/α-hetero) is 1. The molecule has 5 heteroatoms. The molecule has 0 radical (unpaired) electrons. The maximum absolute atomic E-state index is 13.3. The standard InChI is InChI=1S/C17H15FINO2/c1-12(21)9-17(22)20(11-13-5-3-2-4-6-13)16-8-7-14(18)10-15(16)19/h2-8,10H,9,11H2,1H3. The average Bonchev–Trinajstić information content (AvgIpc) is 2.46. The van der Waals surface area contributed by atoms with E-state index in [0.717, 1.165) is 5.56 Å². The van der Waals surface area contributed by atoms with E-state index in [1.54, 1.807) is 6.07 Å². The molecule has 2 aromatic rings. The largest absolute Gasteiger partial charge is 0.307 e. The van der Waals surface area contributed by atoms with Crippen LogP contribution in [0.25, 0.3) is 0 Å². The Morgan fingerprint density at radius 2 is 1.82 bits per heavy atom. The molecule has 22 heavy (non-hydrogen) atoms. The van der Waals surface area contributed by atoms with Crippen molar-refractivity contribution in [2.45, 2.75) is 19.9 Å². The van der Waals surface area contributed by atoms with E-state index in [0.29, 0.717) is 15.8 Å². The summed E-state index contributed by atoms with van der Waals surface area (Å²) < 4.78 is 13.9. The van der Waals surface area contributed by atoms with Crippen molar-refractivity contribution in [3.8, 4) is 0 Å². The number of carbonyl (C=O) groups excluding carboxylic acids is 2. The number of nitrogens with zero attached hydrogens (tertiary/aromatic N) is 1. The van der Waals surface area contributed by atoms with Crippen molar-refractivity contribution in [1.82, 2.24) is 0 Å². The van der Waals surface area contributed by atoms with E-state index in [2.05, 4.69) is 0 Å². The fourth-order valence-electron chi connectivity index (χ4n) is 2.08. The van der Waals surface area contributed by atoms with E-state index >= 15 is 0 Å². The maximum atomic E-state index is 13.3. The third kappa shape index (κ3) is 4.37. The Morgan fingerprint density at radius 1 is 1.14 bits per heavy atom. The Morgan fingerprint density at radius 3 is 2.41 bits per heavy atom. The monoisotopic (exact) mass is 411 g/mol. The molecule has 2 rings (SSSR count). The lowest BCUT2D eigenvalue weighted by molar-refractivity contribution is -0.125. The van der Waals surface area contributed by atoms with Crippen molar-refractivity contribution in [3.63, 3.8) is 0 Å². The molecular formula is C17H15FINO2. The molecule has 1 amide bonds. The number of ketones is 1. The summed E-state index contributed by atoms with van der Waals surface area (Å²) in [5.74, 6) is -0.840. The van der Waals surface area contributed by atoms with Crippen LogP contribution >= 0.6 is 22.6 Å². The topological polar surface area (TPSA) is 37.4 Å². The van der Waals surface area contributed by atoms with Crippen molar-refractivity contribution in [2.75, 3.05) is 4.90 Å². The first kappa shape index (κ1) is 16.6. The van der Waals surface area contributed by atoms with E-state index in [1.165, 1.54) is 24.0 Å². The van der Waals surface area contributed by atoms with Crippen LogP contribution in [0.4, 0.5) is 10.1 Å². The number of hydrogen-bond donors (Lipinski definition) is 0. The summed E-state index contributed by atoms with van der Waals surface area (Å²) in [6, 6.07) is 13.7. The quantitative estimate of drug-likeness (QED) is 0.552. The summed E-state index contributed by atoms with van der Waals surface area (Å²) in [5, 5.41) is 0. The van der Waals surface area contributed by atoms with Crippen LogP contribution in [0.1, 0.15) is 18.9 Å². The lowest BCUT2D eigenvalue weighted by atomic mass is 10.1. The molecule has 0 saturated carbocycles. The molecule has 0 fully saturated rings. The molecule has 2 aromatic carbocycles. The summed E-state index contributed by atoms with van der Waals surface area (Å²) in [7, 11) is 0. The summed E-state index contributed by atoms with van der Waals surface area (Å²) in [5.41, 5.74) is 1.55. The Kier molecular flexibility index (Phi) is 5.65. The van der Waals surface area contributed by atoms with Gasteiger partial charge in [-0.05, 0) is 53.3 Å². The highest BCUT2D eigenvalue weighted by Gasteiger charge is 2.20. The highest BCUT2D eigenvalue weighted by atomic mass is 127. The molecule has 0 saturated heterocycles. The summed E-state index contributed by atoms with van der Waals surface area (Å²) >= 11 is 1.99. The molecule has 0 heterocycles. The van der Waals surface area contributed by atoms with Gasteiger partial charge in [-0.1, -0.05) is 30.3 Å². The van der Waals surface area contributed by atoms with Gasteiger partial charge in [-0.15, -0.1) is 0 Å². The van der Waals surface area contributed by atoms with Crippen LogP contribution in [0.5, 0.6) is 0 Å². The minimum atomic E-state index is -0.355. The highest BCUT2D eigenvalue weighted by molar-refractivity contribution is 14.1. The molecule has 114 valence electrons. The van der Waals surface area contributed by atoms with E-state index in [-0.39, 0.29) is 23.9 Å². The van der Waals surface area contributed by atoms with Crippen molar-refractivity contribution in [3.05, 3.63) is 63.5 Å². The minimum absolute atomic E-state index is 0.166. The number of carbonyl (C=O) groups is 2. The highest BCUT2D eigenvalue weighted by Crippen LogP contribution is 2.26. The number of halogens is 2. The van der Waals surface area contributed by atoms with Crippen LogP contribution in [0, 0.1) is 9.39 Å². The molecule has 0 aliphatic carbocycles. The molecule has 0 aromatic heterocycles. The van der Waals surface area contributed by atoms with Gasteiger partial charge in [0.15, 0.2) is 0 Å². The lowest BCUT2D eigenvalue weighted by Gasteiger charge is -2.24. The fourth-order valence-corrected chi connectivity index (χ4v) is 2.85. The van der Waals surface area contributed by atoms with Gasteiger partial charge in [0.25, 0.3) is 0 Å². The first-order valence-corrected chi connectivity index (χ1v) is 7.84. The van der Waals surface area contributed by atoms with Crippen molar-refractivity contribution < 1.29 is 14.0 Å². The second-order valence-corrected chi connectivity index (χ2v) is 6.10. The Balaban J connectivity index is 2.36. The average molecular weight is 411 g/mol. The van der Waals surface area contributed by atoms with Gasteiger partial charge < -0.3 is 4.90 Å². The summed E-state index contributed by atoms with van der Waals surface area (Å²) in [4.78, 5) is 25.2. The van der Waals surface area contributed by atoms with Gasteiger partial charge in [0.05, 0.1) is 18.7 Å². The van der Waals surface area contributed by atoms with Gasteiger partial charge in [-0.3, -0.25) is 9.59 Å². The second kappa shape index (κ2) is 7.49. The van der Waals surface area contributed by atoms with Crippen molar-refractivity contribution in [2.24, 2.45) is 0 Å². The number of anilines is 1. The van der Waals surface area contributed by atoms with Crippen LogP contribution in [-0.4, -0.2) is 11.7 Å². The number of rotatable bonds is 5. The van der Waals surface area contributed by atoms with Gasteiger partial charge in [0, 0.05) is 3.57 Å². The zero-order chi connectivity index (χ0) is 16.1. The van der Waals surface area contributed by atoms with Gasteiger partial charge in [-0.25, -0.2) is 4.39 Å². The Labute approximate surface area is 142 Å². The van der Waals surface area contributed by atoms with Gasteiger partial charge in [0.2, 0.25) is 5.91 Å². The summed E-state index contributed by atoms with van der Waals surface area (Å²) in [6.45, 7) is 1.73. The van der Waals surface area contributed by atoms with Gasteiger partial charge in [-0.2, -0.15) is 0 Å². The van der Waals surface area contributed by atoms with Crippen molar-refractivity contribution >= 4 is 40.0 Å². The van der Waals surface area contributed by atoms with Gasteiger partial charge in [0.1, 0.15) is 11.6 Å². The number of hydrogen-bond acceptors (Lipinski definition) is 2. The van der Waals surface area contributed by atoms with Crippen LogP contribution in [0.3, 0.4) is 0 Å². The van der Waals surface area contributed by atoms with E-state index in [9.17, 15) is 14.0 Å². The van der Waals surface area contributed by atoms with E-state index < -0.39 is 0 Å². The molecule has 0 aliphatic rings. The number of benzene rings is 2. The van der Waals surface area contributed by atoms with Crippen LogP contribution < -0.4 is 4.90 Å². The third-order valence-corrected chi connectivity index (χ3v) is 3.95. The zero-order valence-electron chi connectivity index (χ0n) is 12.1. The molecule has 0 spiro atoms. The maximum Gasteiger partial charge on any atom is 0.234 e. The molecule has 0 unspecified atom stereocenters. The molecule has 0 bridgehead atoms. The lowest BCUT2D eigenvalue weighted by Crippen LogP contribution is -2.32. The first-order chi connectivity index (χ1) is 10.5. The van der Waals surface area contributed by atoms with Crippen LogP contribution in [-0.2, 0) is 16.1 Å². The van der Waals surface area contributed by atoms with Crippen molar-refractivity contribution in [1.29, 1.82) is 0 Å². The van der Waals surface area contributed by atoms with E-state index in [1.807, 2.05) is 52.9 Å². The Hall–Kier alpha value is -1.76. The normalized spacial score (nSPS) is 10.3.